The lowest BCUT2D eigenvalue weighted by Crippen LogP contribution is -2.19. The predicted octanol–water partition coefficient (Wildman–Crippen LogP) is 4.34. The van der Waals surface area contributed by atoms with Crippen LogP contribution in [-0.4, -0.2) is 6.10 Å². The van der Waals surface area contributed by atoms with Crippen molar-refractivity contribution in [2.24, 2.45) is 5.11 Å². The van der Waals surface area contributed by atoms with Gasteiger partial charge in [-0.25, -0.2) is 0 Å². The molecule has 0 aromatic heterocycles. The molecule has 1 aliphatic rings. The van der Waals surface area contributed by atoms with Crippen molar-refractivity contribution in [3.05, 3.63) is 34.7 Å². The Kier molecular flexibility index (Phi) is 3.67. The van der Waals surface area contributed by atoms with Gasteiger partial charge in [0.2, 0.25) is 0 Å². The van der Waals surface area contributed by atoms with Crippen molar-refractivity contribution in [1.29, 1.82) is 0 Å². The van der Waals surface area contributed by atoms with Crippen molar-refractivity contribution in [2.75, 3.05) is 0 Å². The summed E-state index contributed by atoms with van der Waals surface area (Å²) in [7, 11) is 0. The highest BCUT2D eigenvalue weighted by atomic mass is 16.5. The highest BCUT2D eigenvalue weighted by molar-refractivity contribution is 5.51. The maximum absolute atomic E-state index is 8.45. The molecule has 1 aliphatic carbocycles. The Morgan fingerprint density at radius 2 is 1.94 bits per heavy atom. The third-order valence-corrected chi connectivity index (χ3v) is 2.86. The van der Waals surface area contributed by atoms with Gasteiger partial charge in [0.05, 0.1) is 11.8 Å². The first-order valence-electron chi connectivity index (χ1n) is 5.71. The average molecular weight is 217 g/mol. The number of nitrogens with zero attached hydrogens (tertiary/aromatic N) is 3. The standard InChI is InChI=1S/C12H15N3O/c13-15-14-11-8-4-5-9-12(11)16-10-6-2-1-3-7-10/h4-5,8-10H,1-3,6-7H2. The first-order valence-corrected chi connectivity index (χ1v) is 5.71. The molecule has 0 unspecified atom stereocenters. The van der Waals surface area contributed by atoms with Crippen molar-refractivity contribution >= 4 is 5.69 Å². The summed E-state index contributed by atoms with van der Waals surface area (Å²) in [5, 5.41) is 3.63. The summed E-state index contributed by atoms with van der Waals surface area (Å²) in [6, 6.07) is 7.38. The van der Waals surface area contributed by atoms with Gasteiger partial charge in [-0.1, -0.05) is 23.7 Å². The molecular weight excluding hydrogens is 202 g/mol. The van der Waals surface area contributed by atoms with Crippen LogP contribution in [0.4, 0.5) is 5.69 Å². The minimum absolute atomic E-state index is 0.281. The Labute approximate surface area is 94.9 Å². The van der Waals surface area contributed by atoms with E-state index in [1.807, 2.05) is 18.2 Å². The van der Waals surface area contributed by atoms with E-state index in [1.165, 1.54) is 19.3 Å². The number of benzene rings is 1. The molecule has 0 radical (unpaired) electrons. The summed E-state index contributed by atoms with van der Waals surface area (Å²) < 4.78 is 5.87. The van der Waals surface area contributed by atoms with E-state index >= 15 is 0 Å². The molecule has 0 spiro atoms. The normalized spacial score (nSPS) is 16.5. The summed E-state index contributed by atoms with van der Waals surface area (Å²) in [6.45, 7) is 0. The quantitative estimate of drug-likeness (QED) is 0.422. The predicted molar refractivity (Wildman–Crippen MR) is 62.7 cm³/mol. The van der Waals surface area contributed by atoms with Crippen LogP contribution in [0.15, 0.2) is 29.4 Å². The van der Waals surface area contributed by atoms with Crippen molar-refractivity contribution in [1.82, 2.24) is 0 Å². The number of ether oxygens (including phenoxy) is 1. The van der Waals surface area contributed by atoms with Crippen LogP contribution < -0.4 is 4.74 Å². The number of azide groups is 1. The average Bonchev–Trinajstić information content (AvgIpc) is 2.33. The Bertz CT molecular complexity index is 393. The van der Waals surface area contributed by atoms with Gasteiger partial charge in [0, 0.05) is 4.91 Å². The van der Waals surface area contributed by atoms with Crippen molar-refractivity contribution in [3.8, 4) is 5.75 Å². The van der Waals surface area contributed by atoms with Crippen LogP contribution in [0.2, 0.25) is 0 Å². The summed E-state index contributed by atoms with van der Waals surface area (Å²) >= 11 is 0. The number of hydrogen-bond acceptors (Lipinski definition) is 2. The molecule has 4 heteroatoms. The van der Waals surface area contributed by atoms with Gasteiger partial charge < -0.3 is 4.74 Å². The summed E-state index contributed by atoms with van der Waals surface area (Å²) in [6.07, 6.45) is 6.25. The zero-order valence-corrected chi connectivity index (χ0v) is 9.17. The van der Waals surface area contributed by atoms with Crippen LogP contribution in [0, 0.1) is 0 Å². The second kappa shape index (κ2) is 5.42. The van der Waals surface area contributed by atoms with E-state index in [0.29, 0.717) is 11.4 Å². The molecule has 0 bridgehead atoms. The van der Waals surface area contributed by atoms with E-state index < -0.39 is 0 Å². The molecule has 1 aromatic rings. The topological polar surface area (TPSA) is 58.0 Å². The monoisotopic (exact) mass is 217 g/mol. The second-order valence-electron chi connectivity index (χ2n) is 4.04. The highest BCUT2D eigenvalue weighted by Gasteiger charge is 2.15. The Morgan fingerprint density at radius 1 is 1.19 bits per heavy atom. The van der Waals surface area contributed by atoms with Crippen molar-refractivity contribution in [3.63, 3.8) is 0 Å². The smallest absolute Gasteiger partial charge is 0.129 e. The Hall–Kier alpha value is -1.67. The van der Waals surface area contributed by atoms with Crippen LogP contribution in [0.1, 0.15) is 32.1 Å². The van der Waals surface area contributed by atoms with Crippen molar-refractivity contribution < 1.29 is 4.74 Å². The van der Waals surface area contributed by atoms with Crippen molar-refractivity contribution in [2.45, 2.75) is 38.2 Å². The van der Waals surface area contributed by atoms with E-state index in [9.17, 15) is 0 Å². The summed E-state index contributed by atoms with van der Waals surface area (Å²) in [4.78, 5) is 2.80. The lowest BCUT2D eigenvalue weighted by Gasteiger charge is -2.23. The zero-order valence-electron chi connectivity index (χ0n) is 9.17. The van der Waals surface area contributed by atoms with Gasteiger partial charge in [-0.05, 0) is 43.3 Å². The molecule has 16 heavy (non-hydrogen) atoms. The summed E-state index contributed by atoms with van der Waals surface area (Å²) in [5.41, 5.74) is 9.03. The molecule has 0 saturated heterocycles. The Balaban J connectivity index is 2.10. The molecule has 0 heterocycles. The van der Waals surface area contributed by atoms with Crippen LogP contribution >= 0.6 is 0 Å². The van der Waals surface area contributed by atoms with E-state index in [4.69, 9.17) is 10.3 Å². The number of hydrogen-bond donors (Lipinski definition) is 0. The second-order valence-corrected chi connectivity index (χ2v) is 4.04. The van der Waals surface area contributed by atoms with Crippen LogP contribution in [0.25, 0.3) is 10.4 Å². The fraction of sp³-hybridized carbons (Fsp3) is 0.500. The minimum Gasteiger partial charge on any atom is -0.490 e. The van der Waals surface area contributed by atoms with Gasteiger partial charge in [0.25, 0.3) is 0 Å². The number of rotatable bonds is 3. The van der Waals surface area contributed by atoms with Gasteiger partial charge in [0.1, 0.15) is 5.75 Å². The van der Waals surface area contributed by atoms with Gasteiger partial charge in [-0.2, -0.15) is 0 Å². The largest absolute Gasteiger partial charge is 0.490 e. The molecule has 1 aromatic carbocycles. The van der Waals surface area contributed by atoms with Crippen LogP contribution in [0.5, 0.6) is 5.75 Å². The van der Waals surface area contributed by atoms with Crippen LogP contribution in [0.3, 0.4) is 0 Å². The zero-order chi connectivity index (χ0) is 11.2. The minimum atomic E-state index is 0.281. The first-order chi connectivity index (χ1) is 7.90. The lowest BCUT2D eigenvalue weighted by molar-refractivity contribution is 0.155. The molecule has 0 N–H and O–H groups in total. The van der Waals surface area contributed by atoms with Gasteiger partial charge in [-0.3, -0.25) is 0 Å². The first kappa shape index (κ1) is 10.8. The summed E-state index contributed by atoms with van der Waals surface area (Å²) in [5.74, 6) is 0.701. The molecule has 4 nitrogen and oxygen atoms in total. The molecule has 0 amide bonds. The molecule has 0 aliphatic heterocycles. The Morgan fingerprint density at radius 3 is 2.69 bits per heavy atom. The SMILES string of the molecule is [N-]=[N+]=Nc1ccccc1OC1CCCCC1. The molecule has 0 atom stereocenters. The van der Waals surface area contributed by atoms with Gasteiger partial charge in [0.15, 0.2) is 0 Å². The third kappa shape index (κ3) is 2.67. The maximum Gasteiger partial charge on any atom is 0.129 e. The fourth-order valence-electron chi connectivity index (χ4n) is 2.05. The molecular formula is C12H15N3O. The lowest BCUT2D eigenvalue weighted by atomic mass is 9.98. The molecule has 84 valence electrons. The fourth-order valence-corrected chi connectivity index (χ4v) is 2.05. The number of para-hydroxylation sites is 1. The molecule has 2 rings (SSSR count). The van der Waals surface area contributed by atoms with Crippen LogP contribution in [-0.2, 0) is 0 Å². The maximum atomic E-state index is 8.45. The molecule has 1 fully saturated rings. The van der Waals surface area contributed by atoms with E-state index in [2.05, 4.69) is 10.0 Å². The molecule has 1 saturated carbocycles. The van der Waals surface area contributed by atoms with E-state index in [-0.39, 0.29) is 6.10 Å². The third-order valence-electron chi connectivity index (χ3n) is 2.86. The highest BCUT2D eigenvalue weighted by Crippen LogP contribution is 2.30. The van der Waals surface area contributed by atoms with E-state index in [1.54, 1.807) is 6.07 Å². The van der Waals surface area contributed by atoms with E-state index in [0.717, 1.165) is 12.8 Å². The van der Waals surface area contributed by atoms with Gasteiger partial charge in [-0.15, -0.1) is 0 Å². The van der Waals surface area contributed by atoms with Gasteiger partial charge >= 0.3 is 0 Å².